The number of hydrogen-bond acceptors (Lipinski definition) is 4. The zero-order valence-corrected chi connectivity index (χ0v) is 13.3. The minimum atomic E-state index is -3.45. The third kappa shape index (κ3) is 3.32. The van der Waals surface area contributed by atoms with E-state index in [9.17, 15) is 13.2 Å². The molecule has 2 rings (SSSR count). The van der Waals surface area contributed by atoms with Gasteiger partial charge in [0.25, 0.3) is 5.91 Å². The topological polar surface area (TPSA) is 63.2 Å². The Bertz CT molecular complexity index is 769. The van der Waals surface area contributed by atoms with E-state index < -0.39 is 15.7 Å². The molecule has 1 amide bonds. The summed E-state index contributed by atoms with van der Waals surface area (Å²) in [6.45, 7) is 0. The van der Waals surface area contributed by atoms with Gasteiger partial charge in [-0.1, -0.05) is 29.3 Å². The van der Waals surface area contributed by atoms with Crippen LogP contribution in [0.4, 0.5) is 5.69 Å². The van der Waals surface area contributed by atoms with E-state index in [0.717, 1.165) is 17.6 Å². The van der Waals surface area contributed by atoms with E-state index in [1.807, 2.05) is 0 Å². The van der Waals surface area contributed by atoms with Crippen molar-refractivity contribution in [1.29, 1.82) is 0 Å². The second-order valence-corrected chi connectivity index (χ2v) is 7.66. The van der Waals surface area contributed by atoms with Crippen molar-refractivity contribution in [1.82, 2.24) is 0 Å². The molecule has 0 unspecified atom stereocenters. The SMILES string of the molecule is CS(=O)(=O)c1csc(C(=O)Nc2cccc(Cl)c2)c1Cl. The van der Waals surface area contributed by atoms with E-state index in [2.05, 4.69) is 5.32 Å². The first kappa shape index (κ1) is 15.3. The van der Waals surface area contributed by atoms with Crippen molar-refractivity contribution in [2.45, 2.75) is 4.90 Å². The highest BCUT2D eigenvalue weighted by molar-refractivity contribution is 7.91. The van der Waals surface area contributed by atoms with E-state index in [-0.39, 0.29) is 14.8 Å². The van der Waals surface area contributed by atoms with Gasteiger partial charge in [-0.2, -0.15) is 0 Å². The molecule has 1 N–H and O–H groups in total. The Morgan fingerprint density at radius 2 is 2.00 bits per heavy atom. The summed E-state index contributed by atoms with van der Waals surface area (Å²) in [5.41, 5.74) is 0.507. The molecule has 106 valence electrons. The number of carbonyl (C=O) groups excluding carboxylic acids is 1. The highest BCUT2D eigenvalue weighted by Gasteiger charge is 2.22. The Morgan fingerprint density at radius 3 is 2.55 bits per heavy atom. The second kappa shape index (κ2) is 5.73. The molecule has 0 bridgehead atoms. The van der Waals surface area contributed by atoms with Gasteiger partial charge in [0.1, 0.15) is 4.88 Å². The van der Waals surface area contributed by atoms with Crippen molar-refractivity contribution >= 4 is 56.0 Å². The number of hydrogen-bond donors (Lipinski definition) is 1. The van der Waals surface area contributed by atoms with Crippen molar-refractivity contribution < 1.29 is 13.2 Å². The van der Waals surface area contributed by atoms with Crippen LogP contribution in [-0.2, 0) is 9.84 Å². The van der Waals surface area contributed by atoms with Crippen LogP contribution in [0, 0.1) is 0 Å². The standard InChI is InChI=1S/C12H9Cl2NO3S2/c1-20(17,18)9-6-19-11(10(9)14)12(16)15-8-4-2-3-7(13)5-8/h2-6H,1H3,(H,15,16). The van der Waals surface area contributed by atoms with Crippen LogP contribution in [0.2, 0.25) is 10.0 Å². The van der Waals surface area contributed by atoms with Crippen LogP contribution in [0.5, 0.6) is 0 Å². The maximum Gasteiger partial charge on any atom is 0.267 e. The number of benzene rings is 1. The summed E-state index contributed by atoms with van der Waals surface area (Å²) >= 11 is 12.7. The third-order valence-corrected chi connectivity index (χ3v) is 5.49. The Labute approximate surface area is 130 Å². The van der Waals surface area contributed by atoms with Gasteiger partial charge in [0.15, 0.2) is 9.84 Å². The summed E-state index contributed by atoms with van der Waals surface area (Å²) in [7, 11) is -3.45. The van der Waals surface area contributed by atoms with E-state index >= 15 is 0 Å². The normalized spacial score (nSPS) is 11.3. The first-order chi connectivity index (χ1) is 9.29. The summed E-state index contributed by atoms with van der Waals surface area (Å²) in [6.07, 6.45) is 1.04. The van der Waals surface area contributed by atoms with Crippen LogP contribution in [0.1, 0.15) is 9.67 Å². The van der Waals surface area contributed by atoms with Gasteiger partial charge >= 0.3 is 0 Å². The maximum atomic E-state index is 12.1. The zero-order chi connectivity index (χ0) is 14.9. The number of sulfone groups is 1. The van der Waals surface area contributed by atoms with E-state index in [1.54, 1.807) is 24.3 Å². The van der Waals surface area contributed by atoms with Crippen molar-refractivity contribution in [2.75, 3.05) is 11.6 Å². The summed E-state index contributed by atoms with van der Waals surface area (Å²) in [6, 6.07) is 6.62. The predicted molar refractivity (Wildman–Crippen MR) is 81.8 cm³/mol. The fourth-order valence-corrected chi connectivity index (χ4v) is 4.48. The molecule has 4 nitrogen and oxygen atoms in total. The lowest BCUT2D eigenvalue weighted by Gasteiger charge is -2.04. The molecule has 0 saturated carbocycles. The maximum absolute atomic E-state index is 12.1. The van der Waals surface area contributed by atoms with E-state index in [0.29, 0.717) is 10.7 Å². The Balaban J connectivity index is 2.29. The molecule has 0 aliphatic heterocycles. The number of thiophene rings is 1. The molecule has 1 heterocycles. The van der Waals surface area contributed by atoms with Gasteiger partial charge < -0.3 is 5.32 Å². The lowest BCUT2D eigenvalue weighted by molar-refractivity contribution is 0.103. The van der Waals surface area contributed by atoms with Gasteiger partial charge in [0.2, 0.25) is 0 Å². The Kier molecular flexibility index (Phi) is 4.39. The number of halogens is 2. The first-order valence-electron chi connectivity index (χ1n) is 5.33. The average molecular weight is 350 g/mol. The van der Waals surface area contributed by atoms with Crippen molar-refractivity contribution in [3.63, 3.8) is 0 Å². The number of nitrogens with one attached hydrogen (secondary N) is 1. The zero-order valence-electron chi connectivity index (χ0n) is 10.2. The third-order valence-electron chi connectivity index (χ3n) is 2.39. The van der Waals surface area contributed by atoms with Crippen LogP contribution in [0.25, 0.3) is 0 Å². The molecule has 1 aromatic carbocycles. The average Bonchev–Trinajstić information content (AvgIpc) is 2.70. The highest BCUT2D eigenvalue weighted by Crippen LogP contribution is 2.32. The lowest BCUT2D eigenvalue weighted by atomic mass is 10.3. The van der Waals surface area contributed by atoms with Crippen molar-refractivity contribution in [3.05, 3.63) is 44.6 Å². The molecule has 0 fully saturated rings. The summed E-state index contributed by atoms with van der Waals surface area (Å²) in [5, 5.41) is 4.39. The van der Waals surface area contributed by atoms with Crippen molar-refractivity contribution in [2.24, 2.45) is 0 Å². The van der Waals surface area contributed by atoms with Crippen LogP contribution < -0.4 is 5.32 Å². The second-order valence-electron chi connectivity index (χ2n) is 3.98. The largest absolute Gasteiger partial charge is 0.321 e. The number of carbonyl (C=O) groups is 1. The number of amides is 1. The molecule has 2 aromatic rings. The van der Waals surface area contributed by atoms with Gasteiger partial charge in [0.05, 0.1) is 9.92 Å². The molecule has 0 saturated heterocycles. The quantitative estimate of drug-likeness (QED) is 0.918. The molecule has 0 aliphatic rings. The first-order valence-corrected chi connectivity index (χ1v) is 8.85. The van der Waals surface area contributed by atoms with Crippen LogP contribution in [0.15, 0.2) is 34.5 Å². The van der Waals surface area contributed by atoms with Gasteiger partial charge in [-0.15, -0.1) is 11.3 Å². The number of rotatable bonds is 3. The summed E-state index contributed by atoms with van der Waals surface area (Å²) in [4.78, 5) is 12.2. The van der Waals surface area contributed by atoms with Gasteiger partial charge in [0, 0.05) is 22.3 Å². The molecule has 0 radical (unpaired) electrons. The monoisotopic (exact) mass is 349 g/mol. The fourth-order valence-electron chi connectivity index (χ4n) is 1.49. The fraction of sp³-hybridized carbons (Fsp3) is 0.0833. The van der Waals surface area contributed by atoms with E-state index in [1.165, 1.54) is 5.38 Å². The smallest absolute Gasteiger partial charge is 0.267 e. The van der Waals surface area contributed by atoms with Crippen molar-refractivity contribution in [3.8, 4) is 0 Å². The van der Waals surface area contributed by atoms with Gasteiger partial charge in [-0.3, -0.25) is 4.79 Å². The summed E-state index contributed by atoms with van der Waals surface area (Å²) < 4.78 is 22.9. The minimum absolute atomic E-state index is 0.0413. The molecule has 0 aliphatic carbocycles. The molecule has 0 spiro atoms. The van der Waals surface area contributed by atoms with Gasteiger partial charge in [-0.05, 0) is 18.2 Å². The number of anilines is 1. The lowest BCUT2D eigenvalue weighted by Crippen LogP contribution is -2.11. The molecule has 8 heteroatoms. The minimum Gasteiger partial charge on any atom is -0.321 e. The van der Waals surface area contributed by atoms with Crippen LogP contribution >= 0.6 is 34.5 Å². The predicted octanol–water partition coefficient (Wildman–Crippen LogP) is 3.71. The van der Waals surface area contributed by atoms with Crippen LogP contribution in [-0.4, -0.2) is 20.6 Å². The highest BCUT2D eigenvalue weighted by atomic mass is 35.5. The molecule has 0 atom stereocenters. The van der Waals surface area contributed by atoms with Crippen LogP contribution in [0.3, 0.4) is 0 Å². The van der Waals surface area contributed by atoms with Gasteiger partial charge in [-0.25, -0.2) is 8.42 Å². The molecular formula is C12H9Cl2NO3S2. The molecule has 1 aromatic heterocycles. The Hall–Kier alpha value is -1.08. The molecular weight excluding hydrogens is 341 g/mol. The summed E-state index contributed by atoms with van der Waals surface area (Å²) in [5.74, 6) is -0.475. The van der Waals surface area contributed by atoms with E-state index in [4.69, 9.17) is 23.2 Å². The Morgan fingerprint density at radius 1 is 1.30 bits per heavy atom. The molecule has 20 heavy (non-hydrogen) atoms.